The first-order valence-electron chi connectivity index (χ1n) is 6.69. The van der Waals surface area contributed by atoms with Crippen LogP contribution in [-0.2, 0) is 5.41 Å². The number of nitrogens with two attached hydrogens (primary N) is 1. The number of carboxylic acid groups (broad SMARTS) is 1. The van der Waals surface area contributed by atoms with Gasteiger partial charge in [0.15, 0.2) is 0 Å². The number of carbonyl (C=O) groups is 1. The topological polar surface area (TPSA) is 72.5 Å². The Bertz CT molecular complexity index is 672. The quantitative estimate of drug-likeness (QED) is 0.834. The highest BCUT2D eigenvalue weighted by molar-refractivity contribution is 5.93. The van der Waals surface area contributed by atoms with Gasteiger partial charge in [-0.2, -0.15) is 0 Å². The lowest BCUT2D eigenvalue weighted by molar-refractivity contribution is 0.0698. The van der Waals surface area contributed by atoms with E-state index in [0.717, 1.165) is 11.3 Å². The van der Waals surface area contributed by atoms with E-state index in [1.165, 1.54) is 12.1 Å². The highest BCUT2D eigenvalue weighted by Crippen LogP contribution is 2.34. The Labute approximate surface area is 124 Å². The average Bonchev–Trinajstić information content (AvgIpc) is 2.37. The van der Waals surface area contributed by atoms with E-state index in [4.69, 9.17) is 15.6 Å². The molecule has 0 unspecified atom stereocenters. The highest BCUT2D eigenvalue weighted by atomic mass is 16.5. The molecule has 0 aliphatic heterocycles. The van der Waals surface area contributed by atoms with Crippen molar-refractivity contribution < 1.29 is 14.6 Å². The zero-order chi connectivity index (χ0) is 15.6. The maximum absolute atomic E-state index is 11.0. The van der Waals surface area contributed by atoms with E-state index in [0.29, 0.717) is 5.75 Å². The number of benzene rings is 2. The molecular formula is C17H19NO3. The van der Waals surface area contributed by atoms with Gasteiger partial charge in [-0.1, -0.05) is 39.0 Å². The number of nitrogen functional groups attached to an aromatic ring is 1. The Kier molecular flexibility index (Phi) is 3.89. The van der Waals surface area contributed by atoms with Crippen molar-refractivity contribution in [3.63, 3.8) is 0 Å². The third-order valence-corrected chi connectivity index (χ3v) is 3.18. The van der Waals surface area contributed by atoms with Crippen LogP contribution in [0.25, 0.3) is 0 Å². The average molecular weight is 285 g/mol. The van der Waals surface area contributed by atoms with Crippen LogP contribution in [0.3, 0.4) is 0 Å². The molecule has 2 rings (SSSR count). The SMILES string of the molecule is CC(C)(C)c1ccccc1Oc1ccc(C(=O)O)c(N)c1. The van der Waals surface area contributed by atoms with Crippen molar-refractivity contribution in [3.8, 4) is 11.5 Å². The van der Waals surface area contributed by atoms with Crippen LogP contribution in [0, 0.1) is 0 Å². The van der Waals surface area contributed by atoms with E-state index >= 15 is 0 Å². The molecule has 0 saturated carbocycles. The number of anilines is 1. The first-order chi connectivity index (χ1) is 9.79. The number of aromatic carboxylic acids is 1. The van der Waals surface area contributed by atoms with Crippen molar-refractivity contribution in [1.29, 1.82) is 0 Å². The molecule has 4 heteroatoms. The van der Waals surface area contributed by atoms with Gasteiger partial charge in [0.2, 0.25) is 0 Å². The summed E-state index contributed by atoms with van der Waals surface area (Å²) in [6, 6.07) is 12.4. The predicted octanol–water partition coefficient (Wildman–Crippen LogP) is 4.06. The van der Waals surface area contributed by atoms with Crippen molar-refractivity contribution in [1.82, 2.24) is 0 Å². The minimum Gasteiger partial charge on any atom is -0.478 e. The van der Waals surface area contributed by atoms with E-state index in [9.17, 15) is 4.79 Å². The second-order valence-electron chi connectivity index (χ2n) is 5.90. The van der Waals surface area contributed by atoms with Crippen LogP contribution in [0.1, 0.15) is 36.7 Å². The molecule has 0 spiro atoms. The van der Waals surface area contributed by atoms with E-state index < -0.39 is 5.97 Å². The number of rotatable bonds is 3. The molecule has 2 aromatic carbocycles. The number of ether oxygens (including phenoxy) is 1. The fraction of sp³-hybridized carbons (Fsp3) is 0.235. The predicted molar refractivity (Wildman–Crippen MR) is 83.0 cm³/mol. The summed E-state index contributed by atoms with van der Waals surface area (Å²) in [4.78, 5) is 11.0. The molecule has 3 N–H and O–H groups in total. The number of hydrogen-bond acceptors (Lipinski definition) is 3. The molecule has 110 valence electrons. The summed E-state index contributed by atoms with van der Waals surface area (Å²) >= 11 is 0. The number of hydrogen-bond donors (Lipinski definition) is 2. The Balaban J connectivity index is 2.35. The molecule has 4 nitrogen and oxygen atoms in total. The molecule has 0 atom stereocenters. The molecule has 0 aromatic heterocycles. The minimum absolute atomic E-state index is 0.0524. The van der Waals surface area contributed by atoms with Crippen molar-refractivity contribution in [3.05, 3.63) is 53.6 Å². The zero-order valence-electron chi connectivity index (χ0n) is 12.4. The molecule has 0 amide bonds. The van der Waals surface area contributed by atoms with E-state index in [2.05, 4.69) is 20.8 Å². The van der Waals surface area contributed by atoms with Gasteiger partial charge in [-0.25, -0.2) is 4.79 Å². The fourth-order valence-corrected chi connectivity index (χ4v) is 2.10. The van der Waals surface area contributed by atoms with Crippen LogP contribution in [-0.4, -0.2) is 11.1 Å². The van der Waals surface area contributed by atoms with Gasteiger partial charge in [-0.05, 0) is 23.6 Å². The second-order valence-corrected chi connectivity index (χ2v) is 5.90. The van der Waals surface area contributed by atoms with Crippen LogP contribution < -0.4 is 10.5 Å². The lowest BCUT2D eigenvalue weighted by Crippen LogP contribution is -2.12. The summed E-state index contributed by atoms with van der Waals surface area (Å²) in [6.45, 7) is 6.32. The first kappa shape index (κ1) is 14.9. The zero-order valence-corrected chi connectivity index (χ0v) is 12.4. The van der Waals surface area contributed by atoms with Gasteiger partial charge < -0.3 is 15.6 Å². The van der Waals surface area contributed by atoms with Crippen LogP contribution in [0.4, 0.5) is 5.69 Å². The maximum Gasteiger partial charge on any atom is 0.337 e. The third-order valence-electron chi connectivity index (χ3n) is 3.18. The van der Waals surface area contributed by atoms with Crippen molar-refractivity contribution in [2.45, 2.75) is 26.2 Å². The second kappa shape index (κ2) is 5.48. The van der Waals surface area contributed by atoms with Crippen molar-refractivity contribution >= 4 is 11.7 Å². The summed E-state index contributed by atoms with van der Waals surface area (Å²) < 4.78 is 5.88. The summed E-state index contributed by atoms with van der Waals surface area (Å²) in [5, 5.41) is 8.98. The minimum atomic E-state index is -1.05. The Morgan fingerprint density at radius 1 is 1.14 bits per heavy atom. The van der Waals surface area contributed by atoms with Gasteiger partial charge in [0.1, 0.15) is 11.5 Å². The molecular weight excluding hydrogens is 266 g/mol. The summed E-state index contributed by atoms with van der Waals surface area (Å²) in [5.41, 5.74) is 7.03. The van der Waals surface area contributed by atoms with Crippen LogP contribution in [0.15, 0.2) is 42.5 Å². The van der Waals surface area contributed by atoms with Crippen molar-refractivity contribution in [2.75, 3.05) is 5.73 Å². The van der Waals surface area contributed by atoms with E-state index in [1.54, 1.807) is 6.07 Å². The monoisotopic (exact) mass is 285 g/mol. The van der Waals surface area contributed by atoms with Gasteiger partial charge in [0.25, 0.3) is 0 Å². The largest absolute Gasteiger partial charge is 0.478 e. The van der Waals surface area contributed by atoms with Gasteiger partial charge in [0.05, 0.1) is 5.56 Å². The van der Waals surface area contributed by atoms with Gasteiger partial charge >= 0.3 is 5.97 Å². The smallest absolute Gasteiger partial charge is 0.337 e. The number of para-hydroxylation sites is 1. The van der Waals surface area contributed by atoms with Crippen molar-refractivity contribution in [2.24, 2.45) is 0 Å². The highest BCUT2D eigenvalue weighted by Gasteiger charge is 2.19. The van der Waals surface area contributed by atoms with Crippen LogP contribution in [0.2, 0.25) is 0 Å². The molecule has 0 aliphatic rings. The molecule has 0 fully saturated rings. The lowest BCUT2D eigenvalue weighted by Gasteiger charge is -2.22. The molecule has 0 saturated heterocycles. The summed E-state index contributed by atoms with van der Waals surface area (Å²) in [7, 11) is 0. The van der Waals surface area contributed by atoms with E-state index in [1.807, 2.05) is 24.3 Å². The van der Waals surface area contributed by atoms with E-state index in [-0.39, 0.29) is 16.7 Å². The number of carboxylic acids is 1. The van der Waals surface area contributed by atoms with Gasteiger partial charge in [0, 0.05) is 17.3 Å². The van der Waals surface area contributed by atoms with Crippen LogP contribution in [0.5, 0.6) is 11.5 Å². The summed E-state index contributed by atoms with van der Waals surface area (Å²) in [6.07, 6.45) is 0. The van der Waals surface area contributed by atoms with Crippen LogP contribution >= 0.6 is 0 Å². The molecule has 0 aliphatic carbocycles. The molecule has 0 heterocycles. The van der Waals surface area contributed by atoms with Gasteiger partial charge in [-0.15, -0.1) is 0 Å². The third kappa shape index (κ3) is 3.34. The Hall–Kier alpha value is -2.49. The molecule has 2 aromatic rings. The molecule has 21 heavy (non-hydrogen) atoms. The maximum atomic E-state index is 11.0. The molecule has 0 radical (unpaired) electrons. The first-order valence-corrected chi connectivity index (χ1v) is 6.69. The normalized spacial score (nSPS) is 11.2. The summed E-state index contributed by atoms with van der Waals surface area (Å²) in [5.74, 6) is 0.218. The lowest BCUT2D eigenvalue weighted by atomic mass is 9.86. The standard InChI is InChI=1S/C17H19NO3/c1-17(2,3)13-6-4-5-7-15(13)21-11-8-9-12(16(19)20)14(18)10-11/h4-10H,18H2,1-3H3,(H,19,20). The van der Waals surface area contributed by atoms with Gasteiger partial charge in [-0.3, -0.25) is 0 Å². The Morgan fingerprint density at radius 2 is 1.81 bits per heavy atom. The molecule has 0 bridgehead atoms. The Morgan fingerprint density at radius 3 is 2.38 bits per heavy atom. The fourth-order valence-electron chi connectivity index (χ4n) is 2.10.